The Kier molecular flexibility index (Phi) is 3.07. The lowest BCUT2D eigenvalue weighted by atomic mass is 10.1. The van der Waals surface area contributed by atoms with Crippen molar-refractivity contribution in [3.63, 3.8) is 0 Å². The van der Waals surface area contributed by atoms with Crippen LogP contribution >= 0.6 is 11.3 Å². The van der Waals surface area contributed by atoms with Crippen LogP contribution in [0.5, 0.6) is 5.75 Å². The molecule has 1 aromatic carbocycles. The lowest BCUT2D eigenvalue weighted by Crippen LogP contribution is -2.13. The first-order valence-electron chi connectivity index (χ1n) is 7.03. The lowest BCUT2D eigenvalue weighted by Gasteiger charge is -2.13. The van der Waals surface area contributed by atoms with Crippen LogP contribution in [0.2, 0.25) is 0 Å². The fraction of sp³-hybridized carbons (Fsp3) is 0.267. The number of benzene rings is 1. The maximum absolute atomic E-state index is 11.7. The summed E-state index contributed by atoms with van der Waals surface area (Å²) in [6.07, 6.45) is 3.46. The van der Waals surface area contributed by atoms with E-state index in [4.69, 9.17) is 4.74 Å². The van der Waals surface area contributed by atoms with Crippen LogP contribution in [0.4, 0.5) is 5.13 Å². The number of anilines is 1. The van der Waals surface area contributed by atoms with Gasteiger partial charge >= 0.3 is 0 Å². The molecule has 0 fully saturated rings. The minimum atomic E-state index is -0.164. The van der Waals surface area contributed by atoms with Gasteiger partial charge in [0, 0.05) is 12.3 Å². The van der Waals surface area contributed by atoms with E-state index in [1.165, 1.54) is 39.2 Å². The van der Waals surface area contributed by atoms with Crippen LogP contribution in [0, 0.1) is 0 Å². The molecule has 0 saturated carbocycles. The molecule has 2 heterocycles. The normalized spacial score (nSPS) is 16.7. The van der Waals surface area contributed by atoms with Crippen LogP contribution in [0.1, 0.15) is 23.6 Å². The van der Waals surface area contributed by atoms with E-state index in [2.05, 4.69) is 21.5 Å². The Morgan fingerprint density at radius 3 is 3.14 bits per heavy atom. The second-order valence-corrected chi connectivity index (χ2v) is 6.10. The number of hydrogen-bond donors (Lipinski definition) is 1. The molecule has 3 aromatic rings. The van der Waals surface area contributed by atoms with Gasteiger partial charge in [-0.1, -0.05) is 23.5 Å². The van der Waals surface area contributed by atoms with Gasteiger partial charge in [0.1, 0.15) is 5.75 Å². The third kappa shape index (κ3) is 2.05. The highest BCUT2D eigenvalue weighted by Crippen LogP contribution is 2.39. The molecule has 0 amide bonds. The zero-order valence-electron chi connectivity index (χ0n) is 11.9. The molecule has 1 N–H and O–H groups in total. The molecule has 4 rings (SSSR count). The van der Waals surface area contributed by atoms with Crippen molar-refractivity contribution < 1.29 is 4.74 Å². The van der Waals surface area contributed by atoms with Gasteiger partial charge in [0.15, 0.2) is 0 Å². The summed E-state index contributed by atoms with van der Waals surface area (Å²) in [4.78, 5) is 16.5. The van der Waals surface area contributed by atoms with Crippen LogP contribution in [-0.2, 0) is 6.42 Å². The van der Waals surface area contributed by atoms with E-state index in [1.54, 1.807) is 7.11 Å². The number of rotatable bonds is 3. The van der Waals surface area contributed by atoms with Crippen molar-refractivity contribution in [3.05, 3.63) is 51.9 Å². The number of methoxy groups -OCH3 is 1. The van der Waals surface area contributed by atoms with E-state index >= 15 is 0 Å². The first-order valence-corrected chi connectivity index (χ1v) is 7.85. The third-order valence-corrected chi connectivity index (χ3v) is 4.77. The molecule has 1 unspecified atom stereocenters. The van der Waals surface area contributed by atoms with E-state index in [-0.39, 0.29) is 11.6 Å². The number of nitrogens with one attached hydrogen (secondary N) is 1. The monoisotopic (exact) mass is 314 g/mol. The number of nitrogens with zero attached hydrogens (tertiary/aromatic N) is 3. The second kappa shape index (κ2) is 5.10. The van der Waals surface area contributed by atoms with Gasteiger partial charge in [0.05, 0.1) is 13.2 Å². The molecule has 22 heavy (non-hydrogen) atoms. The average Bonchev–Trinajstić information content (AvgIpc) is 3.12. The second-order valence-electron chi connectivity index (χ2n) is 5.15. The van der Waals surface area contributed by atoms with E-state index in [1.807, 2.05) is 12.1 Å². The van der Waals surface area contributed by atoms with Crippen molar-refractivity contribution >= 4 is 21.4 Å². The number of fused-ring (bicyclic) bond motifs is 2. The molecule has 112 valence electrons. The van der Waals surface area contributed by atoms with E-state index in [0.717, 1.165) is 18.6 Å². The fourth-order valence-corrected chi connectivity index (χ4v) is 3.74. The highest BCUT2D eigenvalue weighted by Gasteiger charge is 2.25. The predicted molar refractivity (Wildman–Crippen MR) is 84.8 cm³/mol. The molecule has 2 aromatic heterocycles. The van der Waals surface area contributed by atoms with Crippen molar-refractivity contribution in [1.82, 2.24) is 14.6 Å². The number of aromatic nitrogens is 3. The summed E-state index contributed by atoms with van der Waals surface area (Å²) in [5.41, 5.74) is 2.32. The summed E-state index contributed by atoms with van der Waals surface area (Å²) in [5.74, 6) is 0.934. The van der Waals surface area contributed by atoms with Crippen molar-refractivity contribution in [1.29, 1.82) is 0 Å². The Morgan fingerprint density at radius 2 is 2.32 bits per heavy atom. The standard InChI is InChI=1S/C15H14N4O2S/c1-21-12-4-2-3-9-10(12)5-6-11(9)17-14-18-19-13(20)7-8-16-15(19)22-14/h2-4,7-8,11H,5-6H2,1H3,(H,17,18). The van der Waals surface area contributed by atoms with Crippen LogP contribution in [0.25, 0.3) is 4.96 Å². The lowest BCUT2D eigenvalue weighted by molar-refractivity contribution is 0.410. The molecule has 6 nitrogen and oxygen atoms in total. The molecule has 0 bridgehead atoms. The molecule has 0 spiro atoms. The molecule has 1 aliphatic carbocycles. The smallest absolute Gasteiger partial charge is 0.275 e. The number of ether oxygens (including phenoxy) is 1. The highest BCUT2D eigenvalue weighted by molar-refractivity contribution is 7.20. The van der Waals surface area contributed by atoms with Crippen LogP contribution in [0.3, 0.4) is 0 Å². The summed E-state index contributed by atoms with van der Waals surface area (Å²) in [5, 5.41) is 8.43. The van der Waals surface area contributed by atoms with Gasteiger partial charge in [-0.15, -0.1) is 5.10 Å². The van der Waals surface area contributed by atoms with Gasteiger partial charge in [-0.2, -0.15) is 4.52 Å². The summed E-state index contributed by atoms with van der Waals surface area (Å²) in [6.45, 7) is 0. The Bertz CT molecular complexity index is 902. The summed E-state index contributed by atoms with van der Waals surface area (Å²) in [7, 11) is 1.70. The van der Waals surface area contributed by atoms with Gasteiger partial charge in [-0.3, -0.25) is 4.79 Å². The third-order valence-electron chi connectivity index (χ3n) is 3.92. The topological polar surface area (TPSA) is 68.5 Å². The van der Waals surface area contributed by atoms with Crippen molar-refractivity contribution in [2.45, 2.75) is 18.9 Å². The van der Waals surface area contributed by atoms with Crippen LogP contribution in [0.15, 0.2) is 35.3 Å². The Hall–Kier alpha value is -2.41. The molecule has 0 aliphatic heterocycles. The molecule has 7 heteroatoms. The first-order chi connectivity index (χ1) is 10.8. The fourth-order valence-electron chi connectivity index (χ4n) is 2.91. The van der Waals surface area contributed by atoms with Gasteiger partial charge in [-0.05, 0) is 30.0 Å². The Labute approximate surface area is 130 Å². The molecule has 0 radical (unpaired) electrons. The zero-order chi connectivity index (χ0) is 15.1. The summed E-state index contributed by atoms with van der Waals surface area (Å²) in [6, 6.07) is 7.69. The first kappa shape index (κ1) is 13.3. The SMILES string of the molecule is COc1cccc2c1CCC2Nc1nn2c(=O)ccnc2s1. The summed E-state index contributed by atoms with van der Waals surface area (Å²) < 4.78 is 6.75. The Balaban J connectivity index is 1.68. The van der Waals surface area contributed by atoms with Gasteiger partial charge < -0.3 is 10.1 Å². The molecule has 1 aliphatic rings. The molecule has 1 atom stereocenters. The largest absolute Gasteiger partial charge is 0.496 e. The summed E-state index contributed by atoms with van der Waals surface area (Å²) >= 11 is 1.38. The molecule has 0 saturated heterocycles. The maximum atomic E-state index is 11.7. The minimum Gasteiger partial charge on any atom is -0.496 e. The highest BCUT2D eigenvalue weighted by atomic mass is 32.1. The van der Waals surface area contributed by atoms with Crippen molar-refractivity contribution in [2.24, 2.45) is 0 Å². The zero-order valence-corrected chi connectivity index (χ0v) is 12.8. The van der Waals surface area contributed by atoms with Gasteiger partial charge in [-0.25, -0.2) is 4.98 Å². The van der Waals surface area contributed by atoms with Gasteiger partial charge in [0.25, 0.3) is 5.56 Å². The quantitative estimate of drug-likeness (QED) is 0.803. The van der Waals surface area contributed by atoms with Crippen LogP contribution < -0.4 is 15.6 Å². The number of hydrogen-bond acceptors (Lipinski definition) is 6. The Morgan fingerprint density at radius 1 is 1.41 bits per heavy atom. The van der Waals surface area contributed by atoms with E-state index in [0.29, 0.717) is 10.1 Å². The van der Waals surface area contributed by atoms with Crippen LogP contribution in [-0.4, -0.2) is 21.7 Å². The molecular formula is C15H14N4O2S. The van der Waals surface area contributed by atoms with Gasteiger partial charge in [0.2, 0.25) is 10.1 Å². The molecular weight excluding hydrogens is 300 g/mol. The van der Waals surface area contributed by atoms with E-state index in [9.17, 15) is 4.79 Å². The minimum absolute atomic E-state index is 0.164. The average molecular weight is 314 g/mol. The predicted octanol–water partition coefficient (Wildman–Crippen LogP) is 2.26. The van der Waals surface area contributed by atoms with Crippen molar-refractivity contribution in [2.75, 3.05) is 12.4 Å². The van der Waals surface area contributed by atoms with E-state index < -0.39 is 0 Å². The maximum Gasteiger partial charge on any atom is 0.275 e. The van der Waals surface area contributed by atoms with Crippen molar-refractivity contribution in [3.8, 4) is 5.75 Å².